The zero-order valence-corrected chi connectivity index (χ0v) is 13.2. The Bertz CT molecular complexity index is 397. The predicted octanol–water partition coefficient (Wildman–Crippen LogP) is 0.880. The fourth-order valence-corrected chi connectivity index (χ4v) is 2.56. The van der Waals surface area contributed by atoms with Gasteiger partial charge < -0.3 is 9.64 Å². The van der Waals surface area contributed by atoms with Gasteiger partial charge in [0.2, 0.25) is 5.91 Å². The fourth-order valence-electron chi connectivity index (χ4n) is 2.56. The molecule has 6 heteroatoms. The number of nitrogens with zero attached hydrogens (tertiary/aromatic N) is 3. The van der Waals surface area contributed by atoms with Crippen LogP contribution < -0.4 is 0 Å². The number of methoxy groups -OCH3 is 1. The van der Waals surface area contributed by atoms with E-state index in [1.54, 1.807) is 4.90 Å². The highest BCUT2D eigenvalue weighted by molar-refractivity contribution is 5.78. The molecule has 118 valence electrons. The maximum absolute atomic E-state index is 12.2. The van der Waals surface area contributed by atoms with Gasteiger partial charge in [0.25, 0.3) is 0 Å². The number of amides is 1. The van der Waals surface area contributed by atoms with E-state index in [2.05, 4.69) is 11.0 Å². The molecule has 0 aromatic carbocycles. The van der Waals surface area contributed by atoms with E-state index in [0.717, 1.165) is 25.9 Å². The Balaban J connectivity index is 2.42. The lowest BCUT2D eigenvalue weighted by molar-refractivity contribution is -0.147. The van der Waals surface area contributed by atoms with Crippen LogP contribution in [0.3, 0.4) is 0 Å². The molecule has 1 unspecified atom stereocenters. The maximum atomic E-state index is 12.2. The van der Waals surface area contributed by atoms with Gasteiger partial charge in [-0.2, -0.15) is 5.26 Å². The zero-order valence-electron chi connectivity index (χ0n) is 13.2. The van der Waals surface area contributed by atoms with E-state index in [4.69, 9.17) is 10.00 Å². The van der Waals surface area contributed by atoms with Crippen molar-refractivity contribution < 1.29 is 14.3 Å². The van der Waals surface area contributed by atoms with Gasteiger partial charge in [-0.25, -0.2) is 0 Å². The molecule has 1 rings (SSSR count). The van der Waals surface area contributed by atoms with Crippen molar-refractivity contribution in [2.45, 2.75) is 26.7 Å². The second-order valence-corrected chi connectivity index (χ2v) is 5.54. The van der Waals surface area contributed by atoms with Gasteiger partial charge in [-0.15, -0.1) is 0 Å². The molecule has 0 saturated carbocycles. The molecule has 0 radical (unpaired) electrons. The molecule has 0 aromatic rings. The Morgan fingerprint density at radius 3 is 2.52 bits per heavy atom. The largest absolute Gasteiger partial charge is 0.469 e. The van der Waals surface area contributed by atoms with Crippen LogP contribution in [0.5, 0.6) is 0 Å². The molecule has 1 aliphatic heterocycles. The number of hydrogen-bond donors (Lipinski definition) is 0. The summed E-state index contributed by atoms with van der Waals surface area (Å²) in [5.74, 6) is -0.295. The number of carbonyl (C=O) groups is 2. The first kappa shape index (κ1) is 17.4. The van der Waals surface area contributed by atoms with Crippen molar-refractivity contribution in [2.24, 2.45) is 11.8 Å². The number of esters is 1. The fraction of sp³-hybridized carbons (Fsp3) is 0.800. The van der Waals surface area contributed by atoms with Crippen molar-refractivity contribution in [3.05, 3.63) is 0 Å². The molecule has 1 amide bonds. The number of likely N-dealkylation sites (N-methyl/N-ethyl adjacent to an activating group) is 1. The van der Waals surface area contributed by atoms with Gasteiger partial charge in [0.05, 0.1) is 31.6 Å². The van der Waals surface area contributed by atoms with Crippen LogP contribution >= 0.6 is 0 Å². The van der Waals surface area contributed by atoms with Gasteiger partial charge in [-0.1, -0.05) is 0 Å². The van der Waals surface area contributed by atoms with Crippen LogP contribution in [0.2, 0.25) is 0 Å². The first-order chi connectivity index (χ1) is 10.0. The molecule has 1 atom stereocenters. The number of piperidine rings is 1. The van der Waals surface area contributed by atoms with Crippen LogP contribution in [0.15, 0.2) is 0 Å². The molecule has 21 heavy (non-hydrogen) atoms. The number of rotatable bonds is 6. The summed E-state index contributed by atoms with van der Waals surface area (Å²) >= 11 is 0. The van der Waals surface area contributed by atoms with E-state index in [-0.39, 0.29) is 23.7 Å². The number of nitriles is 1. The van der Waals surface area contributed by atoms with Gasteiger partial charge >= 0.3 is 5.97 Å². The Morgan fingerprint density at radius 2 is 2.05 bits per heavy atom. The minimum Gasteiger partial charge on any atom is -0.469 e. The van der Waals surface area contributed by atoms with Crippen molar-refractivity contribution in [3.63, 3.8) is 0 Å². The Morgan fingerprint density at radius 1 is 1.43 bits per heavy atom. The molecule has 0 spiro atoms. The molecular weight excluding hydrogens is 270 g/mol. The summed E-state index contributed by atoms with van der Waals surface area (Å²) in [5, 5.41) is 8.84. The van der Waals surface area contributed by atoms with E-state index in [1.165, 1.54) is 7.11 Å². The summed E-state index contributed by atoms with van der Waals surface area (Å²) in [5.41, 5.74) is 0. The first-order valence-electron chi connectivity index (χ1n) is 7.49. The standard InChI is InChI=1S/C15H25N3O3/c1-4-18(10-12(2)9-16)14(19)11-17-7-5-13(6-8-17)15(20)21-3/h12-13H,4-8,10-11H2,1-3H3. The predicted molar refractivity (Wildman–Crippen MR) is 78.2 cm³/mol. The maximum Gasteiger partial charge on any atom is 0.308 e. The number of hydrogen-bond acceptors (Lipinski definition) is 5. The first-order valence-corrected chi connectivity index (χ1v) is 7.49. The van der Waals surface area contributed by atoms with E-state index in [9.17, 15) is 9.59 Å². The average Bonchev–Trinajstić information content (AvgIpc) is 2.52. The second-order valence-electron chi connectivity index (χ2n) is 5.54. The van der Waals surface area contributed by atoms with Gasteiger partial charge in [0, 0.05) is 13.1 Å². The molecule has 1 heterocycles. The van der Waals surface area contributed by atoms with Gasteiger partial charge in [-0.3, -0.25) is 14.5 Å². The third kappa shape index (κ3) is 5.35. The highest BCUT2D eigenvalue weighted by atomic mass is 16.5. The minimum atomic E-state index is -0.154. The van der Waals surface area contributed by atoms with Gasteiger partial charge in [0.1, 0.15) is 0 Å². The normalized spacial score (nSPS) is 17.8. The van der Waals surface area contributed by atoms with Crippen LogP contribution in [0.1, 0.15) is 26.7 Å². The molecule has 0 aromatic heterocycles. The summed E-state index contributed by atoms with van der Waals surface area (Å²) in [7, 11) is 1.41. The van der Waals surface area contributed by atoms with Crippen LogP contribution in [0.4, 0.5) is 0 Å². The summed E-state index contributed by atoms with van der Waals surface area (Å²) in [6, 6.07) is 2.15. The molecule has 0 aliphatic carbocycles. The highest BCUT2D eigenvalue weighted by Gasteiger charge is 2.27. The van der Waals surface area contributed by atoms with E-state index < -0.39 is 0 Å². The molecule has 0 bridgehead atoms. The van der Waals surface area contributed by atoms with Crippen molar-refractivity contribution >= 4 is 11.9 Å². The molecule has 6 nitrogen and oxygen atoms in total. The third-order valence-electron chi connectivity index (χ3n) is 3.93. The number of carbonyl (C=O) groups excluding carboxylic acids is 2. The van der Waals surface area contributed by atoms with E-state index in [0.29, 0.717) is 19.6 Å². The van der Waals surface area contributed by atoms with Gasteiger partial charge in [-0.05, 0) is 39.8 Å². The van der Waals surface area contributed by atoms with E-state index in [1.807, 2.05) is 13.8 Å². The average molecular weight is 295 g/mol. The molecule has 0 N–H and O–H groups in total. The summed E-state index contributed by atoms with van der Waals surface area (Å²) in [6.45, 7) is 6.66. The number of likely N-dealkylation sites (tertiary alicyclic amines) is 1. The molecular formula is C15H25N3O3. The molecule has 1 fully saturated rings. The third-order valence-corrected chi connectivity index (χ3v) is 3.93. The summed E-state index contributed by atoms with van der Waals surface area (Å²) in [6.07, 6.45) is 1.47. The Kier molecular flexibility index (Phi) is 7.17. The molecule has 1 aliphatic rings. The quantitative estimate of drug-likeness (QED) is 0.680. The van der Waals surface area contributed by atoms with Crippen LogP contribution in [0, 0.1) is 23.2 Å². The monoisotopic (exact) mass is 295 g/mol. The van der Waals surface area contributed by atoms with Crippen LogP contribution in [-0.2, 0) is 14.3 Å². The van der Waals surface area contributed by atoms with Crippen molar-refractivity contribution in [3.8, 4) is 6.07 Å². The van der Waals surface area contributed by atoms with Crippen LogP contribution in [-0.4, -0.2) is 61.5 Å². The lowest BCUT2D eigenvalue weighted by Crippen LogP contribution is -2.45. The Labute approximate surface area is 126 Å². The lowest BCUT2D eigenvalue weighted by Gasteiger charge is -2.32. The topological polar surface area (TPSA) is 73.6 Å². The number of ether oxygens (including phenoxy) is 1. The summed E-state index contributed by atoms with van der Waals surface area (Å²) in [4.78, 5) is 27.5. The van der Waals surface area contributed by atoms with Crippen LogP contribution in [0.25, 0.3) is 0 Å². The lowest BCUT2D eigenvalue weighted by atomic mass is 9.97. The van der Waals surface area contributed by atoms with Crippen molar-refractivity contribution in [1.29, 1.82) is 5.26 Å². The SMILES string of the molecule is CCN(CC(C)C#N)C(=O)CN1CCC(C(=O)OC)CC1. The smallest absolute Gasteiger partial charge is 0.308 e. The molecule has 1 saturated heterocycles. The highest BCUT2D eigenvalue weighted by Crippen LogP contribution is 2.18. The van der Waals surface area contributed by atoms with Crippen molar-refractivity contribution in [2.75, 3.05) is 39.8 Å². The van der Waals surface area contributed by atoms with Crippen molar-refractivity contribution in [1.82, 2.24) is 9.80 Å². The van der Waals surface area contributed by atoms with Gasteiger partial charge in [0.15, 0.2) is 0 Å². The Hall–Kier alpha value is -1.61. The summed E-state index contributed by atoms with van der Waals surface area (Å²) < 4.78 is 4.75. The zero-order chi connectivity index (χ0) is 15.8. The van der Waals surface area contributed by atoms with E-state index >= 15 is 0 Å². The second kappa shape index (κ2) is 8.63. The minimum absolute atomic E-state index is 0.0396.